The molecular formula is C17H22N4O5S. The van der Waals surface area contributed by atoms with Gasteiger partial charge >= 0.3 is 0 Å². The number of fused-ring (bicyclic) bond motifs is 4. The molecule has 0 bridgehead atoms. The summed E-state index contributed by atoms with van der Waals surface area (Å²) in [6, 6.07) is 0. The van der Waals surface area contributed by atoms with E-state index in [1.54, 1.807) is 6.33 Å². The zero-order chi connectivity index (χ0) is 18.9. The van der Waals surface area contributed by atoms with Gasteiger partial charge in [0.05, 0.1) is 18.7 Å². The lowest BCUT2D eigenvalue weighted by atomic mass is 9.98. The smallest absolute Gasteiger partial charge is 0.210 e. The monoisotopic (exact) mass is 394 g/mol. The molecule has 3 fully saturated rings. The van der Waals surface area contributed by atoms with E-state index in [4.69, 9.17) is 23.7 Å². The molecule has 0 amide bonds. The van der Waals surface area contributed by atoms with Gasteiger partial charge in [-0.2, -0.15) is 0 Å². The summed E-state index contributed by atoms with van der Waals surface area (Å²) in [4.78, 5) is 15.8. The largest absolute Gasteiger partial charge is 0.344 e. The normalized spacial score (nSPS) is 36.7. The fourth-order valence-corrected chi connectivity index (χ4v) is 5.03. The second-order valence-corrected chi connectivity index (χ2v) is 8.83. The van der Waals surface area contributed by atoms with E-state index in [9.17, 15) is 0 Å². The van der Waals surface area contributed by atoms with E-state index in [0.717, 1.165) is 10.5 Å². The van der Waals surface area contributed by atoms with E-state index in [1.807, 2.05) is 27.7 Å². The Balaban J connectivity index is 1.43. The first kappa shape index (κ1) is 17.8. The molecule has 146 valence electrons. The zero-order valence-corrected chi connectivity index (χ0v) is 16.4. The molecule has 9 nitrogen and oxygen atoms in total. The average Bonchev–Trinajstić information content (AvgIpc) is 3.25. The van der Waals surface area contributed by atoms with Crippen LogP contribution in [0, 0.1) is 0 Å². The van der Waals surface area contributed by atoms with Crippen molar-refractivity contribution in [2.75, 3.05) is 12.4 Å². The number of aromatic amines is 1. The van der Waals surface area contributed by atoms with Gasteiger partial charge in [-0.3, -0.25) is 0 Å². The number of thioether (sulfide) groups is 1. The molecule has 2 aromatic heterocycles. The molecule has 5 rings (SSSR count). The predicted octanol–water partition coefficient (Wildman–Crippen LogP) is 1.84. The van der Waals surface area contributed by atoms with Crippen molar-refractivity contribution in [2.45, 2.75) is 68.4 Å². The van der Waals surface area contributed by atoms with Crippen LogP contribution >= 0.6 is 11.8 Å². The standard InChI is InChI=1S/C17H22N4O5S/c1-15(2)23-9-5-22-17(12(11(9)24-15)25-16(3,4)26-17)6-27-14-10-13(19-7-18-10)20-8-21-14/h7-9,11-12H,5-6H2,1-4H3,(H,18,19,20,21)/t9-,11-,12+,17+/m1/s1. The minimum atomic E-state index is -0.948. The molecule has 0 saturated carbocycles. The van der Waals surface area contributed by atoms with E-state index < -0.39 is 23.5 Å². The lowest BCUT2D eigenvalue weighted by molar-refractivity contribution is -0.267. The van der Waals surface area contributed by atoms with Gasteiger partial charge in [0.15, 0.2) is 17.2 Å². The summed E-state index contributed by atoms with van der Waals surface area (Å²) in [5, 5.41) is 0.786. The summed E-state index contributed by atoms with van der Waals surface area (Å²) in [6.07, 6.45) is 2.27. The van der Waals surface area contributed by atoms with Gasteiger partial charge in [0.2, 0.25) is 5.79 Å². The van der Waals surface area contributed by atoms with Crippen LogP contribution in [0.4, 0.5) is 0 Å². The third-order valence-electron chi connectivity index (χ3n) is 4.87. The zero-order valence-electron chi connectivity index (χ0n) is 15.6. The Hall–Kier alpha value is -1.30. The van der Waals surface area contributed by atoms with Gasteiger partial charge in [0.25, 0.3) is 0 Å². The molecule has 3 saturated heterocycles. The molecular weight excluding hydrogens is 372 g/mol. The summed E-state index contributed by atoms with van der Waals surface area (Å²) >= 11 is 1.51. The van der Waals surface area contributed by atoms with Gasteiger partial charge in [-0.15, -0.1) is 0 Å². The van der Waals surface area contributed by atoms with Crippen LogP contribution in [0.2, 0.25) is 0 Å². The molecule has 2 aromatic rings. The maximum atomic E-state index is 6.26. The molecule has 0 radical (unpaired) electrons. The summed E-state index contributed by atoms with van der Waals surface area (Å²) in [7, 11) is 0. The summed E-state index contributed by atoms with van der Waals surface area (Å²) in [5.74, 6) is -1.92. The van der Waals surface area contributed by atoms with Crippen LogP contribution in [0.3, 0.4) is 0 Å². The van der Waals surface area contributed by atoms with E-state index in [1.165, 1.54) is 18.1 Å². The highest BCUT2D eigenvalue weighted by atomic mass is 32.2. The molecule has 0 spiro atoms. The molecule has 10 heteroatoms. The minimum absolute atomic E-state index is 0.181. The van der Waals surface area contributed by atoms with Gasteiger partial charge in [-0.1, -0.05) is 11.8 Å². The van der Waals surface area contributed by atoms with Crippen molar-refractivity contribution in [3.63, 3.8) is 0 Å². The van der Waals surface area contributed by atoms with Crippen molar-refractivity contribution < 1.29 is 23.7 Å². The Labute approximate surface area is 160 Å². The number of imidazole rings is 1. The van der Waals surface area contributed by atoms with Crippen molar-refractivity contribution in [3.8, 4) is 0 Å². The molecule has 27 heavy (non-hydrogen) atoms. The van der Waals surface area contributed by atoms with Crippen molar-refractivity contribution in [3.05, 3.63) is 12.7 Å². The Kier molecular flexibility index (Phi) is 3.85. The SMILES string of the molecule is CC1(C)O[C@@H]2[C@@H](CO[C@@]3(CSc4ncnc5nc[nH]c45)OC(C)(C)O[C@@H]23)O1. The number of aromatic nitrogens is 4. The van der Waals surface area contributed by atoms with Gasteiger partial charge in [0, 0.05) is 0 Å². The Morgan fingerprint density at radius 1 is 1.11 bits per heavy atom. The summed E-state index contributed by atoms with van der Waals surface area (Å²) in [6.45, 7) is 7.95. The van der Waals surface area contributed by atoms with Gasteiger partial charge in [-0.05, 0) is 27.7 Å². The number of nitrogens with zero attached hydrogens (tertiary/aromatic N) is 3. The highest BCUT2D eigenvalue weighted by Gasteiger charge is 2.65. The molecule has 4 atom stereocenters. The highest BCUT2D eigenvalue weighted by molar-refractivity contribution is 7.99. The highest BCUT2D eigenvalue weighted by Crippen LogP contribution is 2.49. The van der Waals surface area contributed by atoms with Crippen LogP contribution in [0.1, 0.15) is 27.7 Å². The summed E-state index contributed by atoms with van der Waals surface area (Å²) < 4.78 is 30.8. The first-order chi connectivity index (χ1) is 12.8. The van der Waals surface area contributed by atoms with Gasteiger partial charge < -0.3 is 28.7 Å². The maximum Gasteiger partial charge on any atom is 0.210 e. The van der Waals surface area contributed by atoms with Crippen LogP contribution in [0.25, 0.3) is 11.2 Å². The van der Waals surface area contributed by atoms with Crippen molar-refractivity contribution in [1.29, 1.82) is 0 Å². The number of hydrogen-bond donors (Lipinski definition) is 1. The average molecular weight is 394 g/mol. The van der Waals surface area contributed by atoms with Gasteiger partial charge in [-0.25, -0.2) is 15.0 Å². The van der Waals surface area contributed by atoms with E-state index in [0.29, 0.717) is 18.0 Å². The Morgan fingerprint density at radius 2 is 1.96 bits per heavy atom. The molecule has 0 aromatic carbocycles. The van der Waals surface area contributed by atoms with Crippen molar-refractivity contribution in [1.82, 2.24) is 19.9 Å². The van der Waals surface area contributed by atoms with E-state index in [-0.39, 0.29) is 12.2 Å². The maximum absolute atomic E-state index is 6.26. The predicted molar refractivity (Wildman–Crippen MR) is 95.0 cm³/mol. The number of nitrogens with one attached hydrogen (secondary N) is 1. The Morgan fingerprint density at radius 3 is 2.81 bits per heavy atom. The Bertz CT molecular complexity index is 874. The summed E-state index contributed by atoms with van der Waals surface area (Å²) in [5.41, 5.74) is 1.42. The van der Waals surface area contributed by atoms with Gasteiger partial charge in [0.1, 0.15) is 35.2 Å². The van der Waals surface area contributed by atoms with E-state index >= 15 is 0 Å². The topological polar surface area (TPSA) is 101 Å². The lowest BCUT2D eigenvalue weighted by Crippen LogP contribution is -2.59. The second kappa shape index (κ2) is 5.85. The molecule has 3 aliphatic rings. The number of hydrogen-bond acceptors (Lipinski definition) is 9. The fraction of sp³-hybridized carbons (Fsp3) is 0.706. The lowest BCUT2D eigenvalue weighted by Gasteiger charge is -2.40. The molecule has 5 heterocycles. The fourth-order valence-electron chi connectivity index (χ4n) is 3.97. The minimum Gasteiger partial charge on any atom is -0.344 e. The van der Waals surface area contributed by atoms with Crippen LogP contribution in [-0.2, 0) is 23.7 Å². The van der Waals surface area contributed by atoms with Crippen LogP contribution in [0.15, 0.2) is 17.7 Å². The van der Waals surface area contributed by atoms with Crippen LogP contribution in [-0.4, -0.2) is 68.0 Å². The quantitative estimate of drug-likeness (QED) is 0.617. The molecule has 1 N–H and O–H groups in total. The third kappa shape index (κ3) is 2.95. The molecule has 0 unspecified atom stereocenters. The van der Waals surface area contributed by atoms with E-state index in [2.05, 4.69) is 19.9 Å². The number of H-pyrrole nitrogens is 1. The van der Waals surface area contributed by atoms with Crippen molar-refractivity contribution in [2.24, 2.45) is 0 Å². The van der Waals surface area contributed by atoms with Crippen LogP contribution in [0.5, 0.6) is 0 Å². The molecule has 3 aliphatic heterocycles. The first-order valence-electron chi connectivity index (χ1n) is 8.91. The van der Waals surface area contributed by atoms with Crippen LogP contribution < -0.4 is 0 Å². The molecule has 0 aliphatic carbocycles. The van der Waals surface area contributed by atoms with Crippen molar-refractivity contribution >= 4 is 22.9 Å². The third-order valence-corrected chi connectivity index (χ3v) is 6.00. The number of rotatable bonds is 3. The number of ether oxygens (including phenoxy) is 5. The first-order valence-corrected chi connectivity index (χ1v) is 9.90. The second-order valence-electron chi connectivity index (χ2n) is 7.87.